The normalized spacial score (nSPS) is 23.9. The quantitative estimate of drug-likeness (QED) is 0.920. The van der Waals surface area contributed by atoms with Crippen LogP contribution in [0.25, 0.3) is 0 Å². The van der Waals surface area contributed by atoms with E-state index in [1.165, 1.54) is 32.1 Å². The van der Waals surface area contributed by atoms with Crippen molar-refractivity contribution in [1.29, 1.82) is 0 Å². The lowest BCUT2D eigenvalue weighted by Gasteiger charge is -2.20. The van der Waals surface area contributed by atoms with Crippen molar-refractivity contribution >= 4 is 11.6 Å². The van der Waals surface area contributed by atoms with E-state index in [-0.39, 0.29) is 5.91 Å². The van der Waals surface area contributed by atoms with Gasteiger partial charge in [0.25, 0.3) is 0 Å². The van der Waals surface area contributed by atoms with E-state index in [1.54, 1.807) is 6.20 Å². The van der Waals surface area contributed by atoms with Crippen LogP contribution in [-0.2, 0) is 9.53 Å². The molecule has 1 aliphatic carbocycles. The molecule has 2 aliphatic rings. The van der Waals surface area contributed by atoms with Crippen molar-refractivity contribution in [1.82, 2.24) is 9.78 Å². The highest BCUT2D eigenvalue weighted by Crippen LogP contribution is 2.26. The first-order valence-corrected chi connectivity index (χ1v) is 7.73. The number of amides is 1. The lowest BCUT2D eigenvalue weighted by molar-refractivity contribution is -0.117. The zero-order chi connectivity index (χ0) is 13.8. The van der Waals surface area contributed by atoms with Gasteiger partial charge in [-0.1, -0.05) is 19.3 Å². The van der Waals surface area contributed by atoms with Crippen molar-refractivity contribution < 1.29 is 9.53 Å². The number of aromatic nitrogens is 2. The van der Waals surface area contributed by atoms with Crippen molar-refractivity contribution in [3.63, 3.8) is 0 Å². The van der Waals surface area contributed by atoms with Gasteiger partial charge in [0.05, 0.1) is 24.5 Å². The van der Waals surface area contributed by atoms with Crippen LogP contribution < -0.4 is 5.32 Å². The van der Waals surface area contributed by atoms with Gasteiger partial charge in [0.2, 0.25) is 5.91 Å². The average Bonchev–Trinajstić information content (AvgIpc) is 3.10. The molecule has 1 amide bonds. The van der Waals surface area contributed by atoms with Gasteiger partial charge in [-0.3, -0.25) is 9.48 Å². The van der Waals surface area contributed by atoms with Crippen molar-refractivity contribution in [3.8, 4) is 0 Å². The fraction of sp³-hybridized carbons (Fsp3) is 0.733. The highest BCUT2D eigenvalue weighted by Gasteiger charge is 2.20. The largest absolute Gasteiger partial charge is 0.379 e. The minimum atomic E-state index is 0.124. The maximum atomic E-state index is 12.0. The molecule has 1 unspecified atom stereocenters. The van der Waals surface area contributed by atoms with Crippen LogP contribution in [0.4, 0.5) is 5.69 Å². The first kappa shape index (κ1) is 13.6. The predicted octanol–water partition coefficient (Wildman–Crippen LogP) is 2.75. The van der Waals surface area contributed by atoms with Crippen LogP contribution in [0.1, 0.15) is 51.0 Å². The number of carbonyl (C=O) groups excluding carboxylic acids is 1. The van der Waals surface area contributed by atoms with E-state index in [4.69, 9.17) is 4.74 Å². The average molecular weight is 277 g/mol. The Hall–Kier alpha value is -1.36. The molecule has 0 bridgehead atoms. The van der Waals surface area contributed by atoms with Gasteiger partial charge in [-0.05, 0) is 25.2 Å². The minimum Gasteiger partial charge on any atom is -0.379 e. The van der Waals surface area contributed by atoms with Crippen LogP contribution in [0.2, 0.25) is 0 Å². The van der Waals surface area contributed by atoms with Crippen molar-refractivity contribution in [3.05, 3.63) is 12.4 Å². The number of hydrogen-bond donors (Lipinski definition) is 1. The first-order valence-electron chi connectivity index (χ1n) is 7.73. The monoisotopic (exact) mass is 277 g/mol. The van der Waals surface area contributed by atoms with E-state index in [2.05, 4.69) is 10.4 Å². The summed E-state index contributed by atoms with van der Waals surface area (Å²) in [5.74, 6) is 0.696. The molecule has 1 aromatic heterocycles. The van der Waals surface area contributed by atoms with Crippen LogP contribution in [0.15, 0.2) is 12.4 Å². The molecule has 1 saturated heterocycles. The maximum absolute atomic E-state index is 12.0. The summed E-state index contributed by atoms with van der Waals surface area (Å²) in [5.41, 5.74) is 0.803. The third-order valence-corrected chi connectivity index (χ3v) is 4.36. The molecule has 2 heterocycles. The lowest BCUT2D eigenvalue weighted by Crippen LogP contribution is -2.18. The van der Waals surface area contributed by atoms with Crippen LogP contribution in [0, 0.1) is 5.92 Å². The standard InChI is InChI=1S/C15H23N3O2/c19-15(8-12-4-2-1-3-5-12)17-13-9-16-18(10-13)14-6-7-20-11-14/h9-10,12,14H,1-8,11H2,(H,17,19). The van der Waals surface area contributed by atoms with Crippen LogP contribution in [0.5, 0.6) is 0 Å². The predicted molar refractivity (Wildman–Crippen MR) is 76.5 cm³/mol. The molecule has 3 rings (SSSR count). The molecule has 1 saturated carbocycles. The van der Waals surface area contributed by atoms with Gasteiger partial charge in [-0.25, -0.2) is 0 Å². The molecule has 5 nitrogen and oxygen atoms in total. The smallest absolute Gasteiger partial charge is 0.224 e. The van der Waals surface area contributed by atoms with E-state index in [0.29, 0.717) is 18.4 Å². The number of ether oxygens (including phenoxy) is 1. The molecule has 0 radical (unpaired) electrons. The van der Waals surface area contributed by atoms with Crippen LogP contribution in [0.3, 0.4) is 0 Å². The Bertz CT molecular complexity index is 446. The molecule has 1 aliphatic heterocycles. The van der Waals surface area contributed by atoms with E-state index >= 15 is 0 Å². The lowest BCUT2D eigenvalue weighted by atomic mass is 9.87. The fourth-order valence-corrected chi connectivity index (χ4v) is 3.20. The molecule has 1 atom stereocenters. The second-order valence-electron chi connectivity index (χ2n) is 5.98. The number of hydrogen-bond acceptors (Lipinski definition) is 3. The topological polar surface area (TPSA) is 56.2 Å². The van der Waals surface area contributed by atoms with Gasteiger partial charge in [-0.15, -0.1) is 0 Å². The molecule has 1 N–H and O–H groups in total. The summed E-state index contributed by atoms with van der Waals surface area (Å²) in [4.78, 5) is 12.0. The molecule has 0 spiro atoms. The van der Waals surface area contributed by atoms with E-state index < -0.39 is 0 Å². The summed E-state index contributed by atoms with van der Waals surface area (Å²) >= 11 is 0. The van der Waals surface area contributed by atoms with Gasteiger partial charge < -0.3 is 10.1 Å². The Morgan fingerprint density at radius 1 is 1.35 bits per heavy atom. The van der Waals surface area contributed by atoms with Gasteiger partial charge in [0.1, 0.15) is 0 Å². The van der Waals surface area contributed by atoms with Gasteiger partial charge >= 0.3 is 0 Å². The van der Waals surface area contributed by atoms with Crippen molar-refractivity contribution in [2.45, 2.75) is 51.0 Å². The summed E-state index contributed by atoms with van der Waals surface area (Å²) < 4.78 is 7.26. The first-order chi connectivity index (χ1) is 9.81. The molecule has 110 valence electrons. The van der Waals surface area contributed by atoms with Crippen LogP contribution in [-0.4, -0.2) is 28.9 Å². The number of carbonyl (C=O) groups is 1. The molecule has 5 heteroatoms. The van der Waals surface area contributed by atoms with Gasteiger partial charge in [0, 0.05) is 19.2 Å². The maximum Gasteiger partial charge on any atom is 0.224 e. The Balaban J connectivity index is 1.50. The molecule has 20 heavy (non-hydrogen) atoms. The molecular weight excluding hydrogens is 254 g/mol. The van der Waals surface area contributed by atoms with E-state index in [0.717, 1.165) is 25.3 Å². The number of anilines is 1. The molecule has 2 fully saturated rings. The number of nitrogens with one attached hydrogen (secondary N) is 1. The van der Waals surface area contributed by atoms with Gasteiger partial charge in [-0.2, -0.15) is 5.10 Å². The number of rotatable bonds is 4. The molecule has 0 aromatic carbocycles. The van der Waals surface area contributed by atoms with Gasteiger partial charge in [0.15, 0.2) is 0 Å². The third kappa shape index (κ3) is 3.39. The summed E-state index contributed by atoms with van der Waals surface area (Å²) in [6.07, 6.45) is 11.6. The molecular formula is C15H23N3O2. The zero-order valence-corrected chi connectivity index (χ0v) is 11.9. The highest BCUT2D eigenvalue weighted by molar-refractivity contribution is 5.90. The SMILES string of the molecule is O=C(CC1CCCCC1)Nc1cnn(C2CCOC2)c1. The number of nitrogens with zero attached hydrogens (tertiary/aromatic N) is 2. The second-order valence-corrected chi connectivity index (χ2v) is 5.98. The zero-order valence-electron chi connectivity index (χ0n) is 11.9. The minimum absolute atomic E-state index is 0.124. The third-order valence-electron chi connectivity index (χ3n) is 4.36. The summed E-state index contributed by atoms with van der Waals surface area (Å²) in [6, 6.07) is 0.319. The van der Waals surface area contributed by atoms with E-state index in [9.17, 15) is 4.79 Å². The Kier molecular flexibility index (Phi) is 4.35. The van der Waals surface area contributed by atoms with Crippen molar-refractivity contribution in [2.24, 2.45) is 5.92 Å². The summed E-state index contributed by atoms with van der Waals surface area (Å²) in [5, 5.41) is 7.29. The Morgan fingerprint density at radius 3 is 2.95 bits per heavy atom. The van der Waals surface area contributed by atoms with Crippen molar-refractivity contribution in [2.75, 3.05) is 18.5 Å². The summed E-state index contributed by atoms with van der Waals surface area (Å²) in [7, 11) is 0. The highest BCUT2D eigenvalue weighted by atomic mass is 16.5. The Labute approximate surface area is 119 Å². The molecule has 1 aromatic rings. The van der Waals surface area contributed by atoms with Crippen LogP contribution >= 0.6 is 0 Å². The Morgan fingerprint density at radius 2 is 2.20 bits per heavy atom. The summed E-state index contributed by atoms with van der Waals surface area (Å²) in [6.45, 7) is 1.52. The fourth-order valence-electron chi connectivity index (χ4n) is 3.20. The van der Waals surface area contributed by atoms with E-state index in [1.807, 2.05) is 10.9 Å². The second kappa shape index (κ2) is 6.39.